The summed E-state index contributed by atoms with van der Waals surface area (Å²) in [6.07, 6.45) is 2.08. The van der Waals surface area contributed by atoms with Gasteiger partial charge < -0.3 is 15.3 Å². The Bertz CT molecular complexity index is 463. The summed E-state index contributed by atoms with van der Waals surface area (Å²) < 4.78 is 0. The Balaban J connectivity index is 2.13. The van der Waals surface area contributed by atoms with Crippen molar-refractivity contribution >= 4 is 11.4 Å². The second-order valence-electron chi connectivity index (χ2n) is 5.85. The summed E-state index contributed by atoms with van der Waals surface area (Å²) in [7, 11) is 2.14. The first-order chi connectivity index (χ1) is 9.55. The van der Waals surface area contributed by atoms with E-state index in [9.17, 15) is 5.11 Å². The van der Waals surface area contributed by atoms with Crippen molar-refractivity contribution < 1.29 is 10.3 Å². The lowest BCUT2D eigenvalue weighted by molar-refractivity contribution is 0.257. The molecular formula is C15H25N3O2. The Hall–Kier alpha value is -1.30. The number of anilines is 2. The number of fused-ring (bicyclic) bond motifs is 1. The number of nitrogens with one attached hydrogen (secondary N) is 2. The number of aryl methyl sites for hydroxylation is 1. The van der Waals surface area contributed by atoms with Gasteiger partial charge in [-0.2, -0.15) is 0 Å². The lowest BCUT2D eigenvalue weighted by Gasteiger charge is -2.32. The van der Waals surface area contributed by atoms with Crippen LogP contribution in [0.15, 0.2) is 12.1 Å². The Labute approximate surface area is 120 Å². The SMILES string of the molecule is CC(C)N(C)CC1CCc2cc(CO)c(NO)cc2N1. The first-order valence-corrected chi connectivity index (χ1v) is 7.18. The fraction of sp³-hybridized carbons (Fsp3) is 0.600. The largest absolute Gasteiger partial charge is 0.392 e. The number of hydrogen-bond donors (Lipinski definition) is 4. The van der Waals surface area contributed by atoms with Gasteiger partial charge in [0.2, 0.25) is 0 Å². The van der Waals surface area contributed by atoms with E-state index >= 15 is 0 Å². The van der Waals surface area contributed by atoms with Gasteiger partial charge in [0.1, 0.15) is 0 Å². The topological polar surface area (TPSA) is 67.8 Å². The van der Waals surface area contributed by atoms with Gasteiger partial charge >= 0.3 is 0 Å². The molecule has 20 heavy (non-hydrogen) atoms. The van der Waals surface area contributed by atoms with Gasteiger partial charge in [-0.05, 0) is 51.4 Å². The zero-order chi connectivity index (χ0) is 14.7. The molecule has 0 saturated heterocycles. The number of nitrogens with zero attached hydrogens (tertiary/aromatic N) is 1. The summed E-state index contributed by atoms with van der Waals surface area (Å²) in [4.78, 5) is 2.33. The number of rotatable bonds is 5. The minimum atomic E-state index is -0.0737. The molecule has 1 aliphatic rings. The standard InChI is InChI=1S/C15H25N3O2/c1-10(2)18(3)8-13-5-4-11-6-12(9-19)15(17-20)7-14(11)16-13/h6-7,10,13,16-17,19-20H,4-5,8-9H2,1-3H3. The average Bonchev–Trinajstić information content (AvgIpc) is 2.45. The van der Waals surface area contributed by atoms with Crippen LogP contribution in [0.2, 0.25) is 0 Å². The lowest BCUT2D eigenvalue weighted by Crippen LogP contribution is -2.40. The summed E-state index contributed by atoms with van der Waals surface area (Å²) in [5.74, 6) is 0. The van der Waals surface area contributed by atoms with E-state index in [-0.39, 0.29) is 6.61 Å². The molecule has 1 aromatic rings. The van der Waals surface area contributed by atoms with E-state index in [1.54, 1.807) is 0 Å². The van der Waals surface area contributed by atoms with Gasteiger partial charge in [-0.25, -0.2) is 0 Å². The van der Waals surface area contributed by atoms with Gasteiger partial charge in [0.25, 0.3) is 0 Å². The van der Waals surface area contributed by atoms with Crippen LogP contribution < -0.4 is 10.8 Å². The van der Waals surface area contributed by atoms with Gasteiger partial charge in [0.15, 0.2) is 0 Å². The predicted octanol–water partition coefficient (Wildman–Crippen LogP) is 2.05. The Morgan fingerprint density at radius 1 is 1.45 bits per heavy atom. The van der Waals surface area contributed by atoms with Crippen LogP contribution in [0.1, 0.15) is 31.4 Å². The number of hydrogen-bond acceptors (Lipinski definition) is 5. The van der Waals surface area contributed by atoms with Crippen molar-refractivity contribution in [2.24, 2.45) is 0 Å². The molecule has 112 valence electrons. The van der Waals surface area contributed by atoms with Crippen LogP contribution in [0.5, 0.6) is 0 Å². The molecule has 0 amide bonds. The summed E-state index contributed by atoms with van der Waals surface area (Å²) in [6, 6.07) is 4.79. The van der Waals surface area contributed by atoms with Crippen molar-refractivity contribution in [3.63, 3.8) is 0 Å². The van der Waals surface area contributed by atoms with E-state index in [4.69, 9.17) is 5.21 Å². The quantitative estimate of drug-likeness (QED) is 0.621. The van der Waals surface area contributed by atoms with Crippen molar-refractivity contribution in [2.45, 2.75) is 45.4 Å². The van der Waals surface area contributed by atoms with Gasteiger partial charge in [0, 0.05) is 29.9 Å². The first kappa shape index (κ1) is 15.1. The Kier molecular flexibility index (Phi) is 4.86. The molecule has 0 spiro atoms. The van der Waals surface area contributed by atoms with Crippen LogP contribution in [0, 0.1) is 0 Å². The van der Waals surface area contributed by atoms with Crippen molar-refractivity contribution in [3.05, 3.63) is 23.3 Å². The van der Waals surface area contributed by atoms with E-state index in [1.807, 2.05) is 12.1 Å². The highest BCUT2D eigenvalue weighted by Crippen LogP contribution is 2.31. The maximum atomic E-state index is 9.30. The molecule has 0 bridgehead atoms. The van der Waals surface area contributed by atoms with Crippen molar-refractivity contribution in [1.82, 2.24) is 4.90 Å². The first-order valence-electron chi connectivity index (χ1n) is 7.18. The van der Waals surface area contributed by atoms with E-state index in [2.05, 4.69) is 36.6 Å². The molecule has 0 saturated carbocycles. The van der Waals surface area contributed by atoms with Gasteiger partial charge in [-0.3, -0.25) is 10.7 Å². The highest BCUT2D eigenvalue weighted by atomic mass is 16.5. The van der Waals surface area contributed by atoms with E-state index in [1.165, 1.54) is 5.56 Å². The second-order valence-corrected chi connectivity index (χ2v) is 5.85. The van der Waals surface area contributed by atoms with Crippen LogP contribution in [0.25, 0.3) is 0 Å². The zero-order valence-corrected chi connectivity index (χ0v) is 12.5. The molecule has 0 fully saturated rings. The molecule has 5 heteroatoms. The fourth-order valence-corrected chi connectivity index (χ4v) is 2.59. The third-order valence-corrected chi connectivity index (χ3v) is 4.13. The smallest absolute Gasteiger partial charge is 0.0702 e. The molecule has 1 unspecified atom stereocenters. The minimum Gasteiger partial charge on any atom is -0.392 e. The minimum absolute atomic E-state index is 0.0737. The normalized spacial score (nSPS) is 18.1. The molecule has 4 N–H and O–H groups in total. The Morgan fingerprint density at radius 2 is 2.20 bits per heavy atom. The maximum Gasteiger partial charge on any atom is 0.0702 e. The van der Waals surface area contributed by atoms with E-state index in [0.29, 0.717) is 17.8 Å². The highest BCUT2D eigenvalue weighted by Gasteiger charge is 2.21. The number of benzene rings is 1. The Morgan fingerprint density at radius 3 is 2.80 bits per heavy atom. The summed E-state index contributed by atoms with van der Waals surface area (Å²) >= 11 is 0. The molecule has 1 aromatic carbocycles. The number of aliphatic hydroxyl groups excluding tert-OH is 1. The van der Waals surface area contributed by atoms with Gasteiger partial charge in [-0.15, -0.1) is 0 Å². The molecule has 0 radical (unpaired) electrons. The number of likely N-dealkylation sites (N-methyl/N-ethyl adjacent to an activating group) is 1. The molecule has 0 aromatic heterocycles. The molecule has 5 nitrogen and oxygen atoms in total. The van der Waals surface area contributed by atoms with Crippen LogP contribution in [0.3, 0.4) is 0 Å². The van der Waals surface area contributed by atoms with Crippen LogP contribution in [-0.2, 0) is 13.0 Å². The second kappa shape index (κ2) is 6.43. The van der Waals surface area contributed by atoms with Crippen molar-refractivity contribution in [1.29, 1.82) is 0 Å². The highest BCUT2D eigenvalue weighted by molar-refractivity contribution is 5.66. The lowest BCUT2D eigenvalue weighted by atomic mass is 9.95. The molecule has 2 rings (SSSR count). The van der Waals surface area contributed by atoms with Crippen molar-refractivity contribution in [3.8, 4) is 0 Å². The van der Waals surface area contributed by atoms with Crippen molar-refractivity contribution in [2.75, 3.05) is 24.4 Å². The number of aliphatic hydroxyl groups is 1. The van der Waals surface area contributed by atoms with E-state index < -0.39 is 0 Å². The molecule has 1 heterocycles. The predicted molar refractivity (Wildman–Crippen MR) is 81.3 cm³/mol. The van der Waals surface area contributed by atoms with E-state index in [0.717, 1.165) is 30.6 Å². The van der Waals surface area contributed by atoms with Crippen LogP contribution >= 0.6 is 0 Å². The zero-order valence-electron chi connectivity index (χ0n) is 12.5. The monoisotopic (exact) mass is 279 g/mol. The molecule has 1 atom stereocenters. The van der Waals surface area contributed by atoms with Gasteiger partial charge in [-0.1, -0.05) is 0 Å². The maximum absolute atomic E-state index is 9.30. The molecule has 0 aliphatic carbocycles. The summed E-state index contributed by atoms with van der Waals surface area (Å²) in [5, 5.41) is 22.0. The fourth-order valence-electron chi connectivity index (χ4n) is 2.59. The third-order valence-electron chi connectivity index (χ3n) is 4.13. The third kappa shape index (κ3) is 3.23. The summed E-state index contributed by atoms with van der Waals surface area (Å²) in [6.45, 7) is 5.31. The van der Waals surface area contributed by atoms with Gasteiger partial charge in [0.05, 0.1) is 12.3 Å². The average molecular weight is 279 g/mol. The summed E-state index contributed by atoms with van der Waals surface area (Å²) in [5.41, 5.74) is 5.71. The molecular weight excluding hydrogens is 254 g/mol. The van der Waals surface area contributed by atoms with Crippen LogP contribution in [0.4, 0.5) is 11.4 Å². The molecule has 1 aliphatic heterocycles. The van der Waals surface area contributed by atoms with Crippen LogP contribution in [-0.4, -0.2) is 40.9 Å².